The molecule has 1 heteroatoms. The standard InChI is InChI=1S/C12H29P/c1-8-12(4)10-13(5,6,7)9-11(2)3/h11-12H,8-10H2,1-7H3. The van der Waals surface area contributed by atoms with Gasteiger partial charge in [-0.25, -0.2) is 0 Å². The van der Waals surface area contributed by atoms with E-state index in [2.05, 4.69) is 47.7 Å². The van der Waals surface area contributed by atoms with E-state index in [0.717, 1.165) is 11.8 Å². The summed E-state index contributed by atoms with van der Waals surface area (Å²) in [6.45, 7) is 15.8. The predicted octanol–water partition coefficient (Wildman–Crippen LogP) is 4.13. The molecule has 0 N–H and O–H groups in total. The van der Waals surface area contributed by atoms with E-state index in [4.69, 9.17) is 0 Å². The van der Waals surface area contributed by atoms with Crippen molar-refractivity contribution in [3.63, 3.8) is 0 Å². The molecule has 0 aromatic carbocycles. The molecule has 0 spiro atoms. The van der Waals surface area contributed by atoms with E-state index in [1.807, 2.05) is 0 Å². The van der Waals surface area contributed by atoms with Gasteiger partial charge in [0.05, 0.1) is 0 Å². The molecule has 0 bridgehead atoms. The summed E-state index contributed by atoms with van der Waals surface area (Å²) in [6, 6.07) is 0. The van der Waals surface area contributed by atoms with Crippen molar-refractivity contribution >= 4 is 6.60 Å². The van der Waals surface area contributed by atoms with Crippen LogP contribution in [0.2, 0.25) is 0 Å². The molecule has 1 unspecified atom stereocenters. The maximum atomic E-state index is 2.55. The van der Waals surface area contributed by atoms with E-state index < -0.39 is 6.60 Å². The summed E-state index contributed by atoms with van der Waals surface area (Å²) in [5.41, 5.74) is 0. The van der Waals surface area contributed by atoms with E-state index in [0.29, 0.717) is 0 Å². The van der Waals surface area contributed by atoms with Crippen molar-refractivity contribution in [3.05, 3.63) is 0 Å². The van der Waals surface area contributed by atoms with Crippen LogP contribution in [-0.2, 0) is 0 Å². The van der Waals surface area contributed by atoms with E-state index >= 15 is 0 Å². The Balaban J connectivity index is 4.31. The van der Waals surface area contributed by atoms with Crippen molar-refractivity contribution in [1.82, 2.24) is 0 Å². The third-order valence-electron chi connectivity index (χ3n) is 2.73. The molecule has 0 saturated heterocycles. The fraction of sp³-hybridized carbons (Fsp3) is 1.00. The summed E-state index contributed by atoms with van der Waals surface area (Å²) in [4.78, 5) is 0. The Labute approximate surface area is 85.4 Å². The zero-order chi connectivity index (χ0) is 10.7. The molecular weight excluding hydrogens is 175 g/mol. The number of hydrogen-bond acceptors (Lipinski definition) is 0. The number of hydrogen-bond donors (Lipinski definition) is 0. The Hall–Kier alpha value is 0.430. The van der Waals surface area contributed by atoms with E-state index in [9.17, 15) is 0 Å². The van der Waals surface area contributed by atoms with Crippen LogP contribution in [0.1, 0.15) is 34.1 Å². The molecule has 0 heterocycles. The normalized spacial score (nSPS) is 18.3. The Morgan fingerprint density at radius 1 is 0.923 bits per heavy atom. The summed E-state index contributed by atoms with van der Waals surface area (Å²) in [7, 11) is 0. The Morgan fingerprint density at radius 2 is 1.38 bits per heavy atom. The first-order valence-electron chi connectivity index (χ1n) is 5.64. The first-order valence-corrected chi connectivity index (χ1v) is 9.59. The van der Waals surface area contributed by atoms with Crippen LogP contribution in [0, 0.1) is 11.8 Å². The third-order valence-corrected chi connectivity index (χ3v) is 6.79. The van der Waals surface area contributed by atoms with Crippen molar-refractivity contribution in [2.24, 2.45) is 11.8 Å². The van der Waals surface area contributed by atoms with E-state index in [1.54, 1.807) is 0 Å². The SMILES string of the molecule is CCC(C)CP(C)(C)(C)CC(C)C. The van der Waals surface area contributed by atoms with Gasteiger partial charge in [-0.2, -0.15) is 0 Å². The molecule has 0 aliphatic heterocycles. The quantitative estimate of drug-likeness (QED) is 0.591. The summed E-state index contributed by atoms with van der Waals surface area (Å²) in [5, 5.41) is 0. The van der Waals surface area contributed by atoms with Gasteiger partial charge in [-0.3, -0.25) is 0 Å². The second kappa shape index (κ2) is 4.30. The van der Waals surface area contributed by atoms with Gasteiger partial charge in [0.2, 0.25) is 0 Å². The van der Waals surface area contributed by atoms with Gasteiger partial charge in [-0.15, -0.1) is 0 Å². The zero-order valence-electron chi connectivity index (χ0n) is 10.7. The van der Waals surface area contributed by atoms with Crippen LogP contribution in [0.3, 0.4) is 0 Å². The minimum absolute atomic E-state index is 0.863. The van der Waals surface area contributed by atoms with Crippen LogP contribution in [0.25, 0.3) is 0 Å². The molecule has 0 radical (unpaired) electrons. The van der Waals surface area contributed by atoms with Gasteiger partial charge in [0.25, 0.3) is 0 Å². The molecule has 13 heavy (non-hydrogen) atoms. The van der Waals surface area contributed by atoms with Crippen LogP contribution >= 0.6 is 6.60 Å². The fourth-order valence-corrected chi connectivity index (χ4v) is 8.14. The van der Waals surface area contributed by atoms with Crippen molar-refractivity contribution in [2.45, 2.75) is 34.1 Å². The fourth-order valence-electron chi connectivity index (χ4n) is 2.71. The zero-order valence-corrected chi connectivity index (χ0v) is 11.6. The molecular formula is C12H29P. The molecule has 0 nitrogen and oxygen atoms in total. The molecule has 0 aliphatic carbocycles. The summed E-state index contributed by atoms with van der Waals surface area (Å²) in [6.07, 6.45) is 4.27. The minimum atomic E-state index is -1.31. The Morgan fingerprint density at radius 3 is 1.69 bits per heavy atom. The second-order valence-electron chi connectivity index (χ2n) is 6.74. The molecule has 0 fully saturated rings. The number of rotatable bonds is 5. The van der Waals surface area contributed by atoms with Crippen LogP contribution in [0.15, 0.2) is 0 Å². The Kier molecular flexibility index (Phi) is 4.44. The van der Waals surface area contributed by atoms with Crippen LogP contribution in [-0.4, -0.2) is 32.3 Å². The maximum absolute atomic E-state index is 2.55. The van der Waals surface area contributed by atoms with E-state index in [1.165, 1.54) is 18.7 Å². The summed E-state index contributed by atoms with van der Waals surface area (Å²) >= 11 is 0. The topological polar surface area (TPSA) is 0 Å². The summed E-state index contributed by atoms with van der Waals surface area (Å²) < 4.78 is 0. The van der Waals surface area contributed by atoms with Gasteiger partial charge in [0.15, 0.2) is 0 Å². The van der Waals surface area contributed by atoms with Gasteiger partial charge < -0.3 is 0 Å². The van der Waals surface area contributed by atoms with Crippen molar-refractivity contribution in [2.75, 3.05) is 32.3 Å². The first-order chi connectivity index (χ1) is 5.64. The molecule has 0 rings (SSSR count). The molecule has 82 valence electrons. The van der Waals surface area contributed by atoms with Crippen LogP contribution in [0.4, 0.5) is 0 Å². The third kappa shape index (κ3) is 6.49. The average molecular weight is 204 g/mol. The molecule has 0 aliphatic rings. The van der Waals surface area contributed by atoms with Crippen LogP contribution < -0.4 is 0 Å². The predicted molar refractivity (Wildman–Crippen MR) is 68.7 cm³/mol. The van der Waals surface area contributed by atoms with Crippen molar-refractivity contribution in [3.8, 4) is 0 Å². The molecule has 0 saturated carbocycles. The monoisotopic (exact) mass is 204 g/mol. The van der Waals surface area contributed by atoms with Crippen molar-refractivity contribution < 1.29 is 0 Å². The van der Waals surface area contributed by atoms with Gasteiger partial charge in [-0.1, -0.05) is 0 Å². The molecule has 0 aromatic rings. The first kappa shape index (κ1) is 13.4. The van der Waals surface area contributed by atoms with Crippen molar-refractivity contribution in [1.29, 1.82) is 0 Å². The van der Waals surface area contributed by atoms with Gasteiger partial charge in [0, 0.05) is 0 Å². The molecule has 0 aromatic heterocycles. The summed E-state index contributed by atoms with van der Waals surface area (Å²) in [5.74, 6) is 1.78. The molecule has 1 atom stereocenters. The van der Waals surface area contributed by atoms with Gasteiger partial charge in [0.1, 0.15) is 0 Å². The van der Waals surface area contributed by atoms with Gasteiger partial charge >= 0.3 is 84.9 Å². The average Bonchev–Trinajstić information content (AvgIpc) is 1.81. The second-order valence-corrected chi connectivity index (χ2v) is 14.4. The van der Waals surface area contributed by atoms with Gasteiger partial charge in [-0.05, 0) is 0 Å². The Bertz CT molecular complexity index is 150. The van der Waals surface area contributed by atoms with E-state index in [-0.39, 0.29) is 0 Å². The van der Waals surface area contributed by atoms with Crippen LogP contribution in [0.5, 0.6) is 0 Å². The molecule has 0 amide bonds.